The molecule has 0 aromatic heterocycles. The van der Waals surface area contributed by atoms with Gasteiger partial charge in [-0.1, -0.05) is 42.5 Å². The number of urea groups is 1. The van der Waals surface area contributed by atoms with Gasteiger partial charge in [0.15, 0.2) is 0 Å². The minimum atomic E-state index is -1.42. The first-order valence-electron chi connectivity index (χ1n) is 10.4. The predicted molar refractivity (Wildman–Crippen MR) is 121 cm³/mol. The van der Waals surface area contributed by atoms with Gasteiger partial charge in [0.2, 0.25) is 5.91 Å². The monoisotopic (exact) mass is 446 g/mol. The molecular weight excluding hydrogens is 424 g/mol. The number of rotatable bonds is 6. The SMILES string of the molecule is CC(NC(=O)CN1C(=O)NC(C)(c2ccc([N+](=O)[O-])cc2)C1=O)c1cccc2ccccc12. The number of non-ortho nitro benzene ring substituents is 1. The third kappa shape index (κ3) is 4.00. The number of carbonyl (C=O) groups is 3. The maximum atomic E-state index is 13.1. The molecule has 1 fully saturated rings. The Morgan fingerprint density at radius 2 is 1.76 bits per heavy atom. The number of benzene rings is 3. The third-order valence-electron chi connectivity index (χ3n) is 5.90. The van der Waals surface area contributed by atoms with E-state index in [1.165, 1.54) is 31.2 Å². The first-order chi connectivity index (χ1) is 15.7. The van der Waals surface area contributed by atoms with E-state index in [9.17, 15) is 24.5 Å². The molecule has 0 saturated carbocycles. The summed E-state index contributed by atoms with van der Waals surface area (Å²) in [5.74, 6) is -1.08. The van der Waals surface area contributed by atoms with E-state index in [1.54, 1.807) is 0 Å². The number of nitro benzene ring substituents is 1. The van der Waals surface area contributed by atoms with Crippen LogP contribution in [0.2, 0.25) is 0 Å². The number of carbonyl (C=O) groups excluding carboxylic acids is 3. The maximum absolute atomic E-state index is 13.1. The normalized spacial score (nSPS) is 18.8. The Kier molecular flexibility index (Phi) is 5.55. The van der Waals surface area contributed by atoms with E-state index in [-0.39, 0.29) is 11.7 Å². The van der Waals surface area contributed by atoms with Crippen LogP contribution in [0.25, 0.3) is 10.8 Å². The summed E-state index contributed by atoms with van der Waals surface area (Å²) in [6.45, 7) is 2.90. The molecule has 3 aromatic rings. The van der Waals surface area contributed by atoms with Gasteiger partial charge in [0, 0.05) is 12.1 Å². The van der Waals surface area contributed by atoms with E-state index < -0.39 is 34.9 Å². The predicted octanol–water partition coefficient (Wildman–Crippen LogP) is 3.39. The topological polar surface area (TPSA) is 122 Å². The summed E-state index contributed by atoms with van der Waals surface area (Å²) in [5, 5.41) is 18.4. The molecule has 9 nitrogen and oxygen atoms in total. The lowest BCUT2D eigenvalue weighted by Gasteiger charge is -2.22. The fourth-order valence-corrected chi connectivity index (χ4v) is 4.09. The van der Waals surface area contributed by atoms with Crippen molar-refractivity contribution in [1.29, 1.82) is 0 Å². The van der Waals surface area contributed by atoms with Crippen LogP contribution < -0.4 is 10.6 Å². The van der Waals surface area contributed by atoms with E-state index in [4.69, 9.17) is 0 Å². The Balaban J connectivity index is 1.48. The van der Waals surface area contributed by atoms with Crippen LogP contribution in [0, 0.1) is 10.1 Å². The molecule has 1 aliphatic rings. The maximum Gasteiger partial charge on any atom is 0.325 e. The van der Waals surface area contributed by atoms with Crippen LogP contribution in [0.15, 0.2) is 66.7 Å². The largest absolute Gasteiger partial charge is 0.348 e. The highest BCUT2D eigenvalue weighted by atomic mass is 16.6. The van der Waals surface area contributed by atoms with Crippen LogP contribution >= 0.6 is 0 Å². The van der Waals surface area contributed by atoms with Gasteiger partial charge < -0.3 is 10.6 Å². The molecule has 0 radical (unpaired) electrons. The van der Waals surface area contributed by atoms with Crippen molar-refractivity contribution >= 4 is 34.3 Å². The summed E-state index contributed by atoms with van der Waals surface area (Å²) < 4.78 is 0. The average Bonchev–Trinajstić information content (AvgIpc) is 3.02. The fraction of sp³-hybridized carbons (Fsp3) is 0.208. The van der Waals surface area contributed by atoms with Crippen molar-refractivity contribution in [3.63, 3.8) is 0 Å². The molecule has 1 heterocycles. The van der Waals surface area contributed by atoms with Crippen LogP contribution in [0.5, 0.6) is 0 Å². The molecule has 2 N–H and O–H groups in total. The molecule has 33 heavy (non-hydrogen) atoms. The van der Waals surface area contributed by atoms with Crippen molar-refractivity contribution in [3.05, 3.63) is 88.0 Å². The fourth-order valence-electron chi connectivity index (χ4n) is 4.09. The highest BCUT2D eigenvalue weighted by molar-refractivity contribution is 6.09. The standard InChI is InChI=1S/C24H22N4O5/c1-15(19-9-5-7-16-6-3-4-8-20(16)19)25-21(29)14-27-22(30)24(2,26-23(27)31)17-10-12-18(13-11-17)28(32)33/h3-13,15H,14H2,1-2H3,(H,25,29)(H,26,31). The number of hydrogen-bond acceptors (Lipinski definition) is 5. The number of nitro groups is 1. The van der Waals surface area contributed by atoms with Crippen LogP contribution in [-0.2, 0) is 15.1 Å². The highest BCUT2D eigenvalue weighted by Crippen LogP contribution is 2.30. The number of hydrogen-bond donors (Lipinski definition) is 2. The van der Waals surface area contributed by atoms with Gasteiger partial charge in [0.25, 0.3) is 11.6 Å². The molecule has 0 aliphatic carbocycles. The summed E-state index contributed by atoms with van der Waals surface area (Å²) in [6, 6.07) is 18.0. The van der Waals surface area contributed by atoms with Gasteiger partial charge in [0.05, 0.1) is 11.0 Å². The Morgan fingerprint density at radius 3 is 2.45 bits per heavy atom. The molecule has 3 aromatic carbocycles. The Bertz CT molecular complexity index is 1270. The van der Waals surface area contributed by atoms with E-state index in [0.29, 0.717) is 5.56 Å². The van der Waals surface area contributed by atoms with Crippen molar-refractivity contribution in [2.24, 2.45) is 0 Å². The lowest BCUT2D eigenvalue weighted by atomic mass is 9.92. The third-order valence-corrected chi connectivity index (χ3v) is 5.90. The Labute approximate surface area is 189 Å². The van der Waals surface area contributed by atoms with Gasteiger partial charge in [0.1, 0.15) is 12.1 Å². The zero-order chi connectivity index (χ0) is 23.8. The number of nitrogens with zero attached hydrogens (tertiary/aromatic N) is 2. The molecule has 9 heteroatoms. The van der Waals surface area contributed by atoms with Gasteiger partial charge in [-0.3, -0.25) is 24.6 Å². The lowest BCUT2D eigenvalue weighted by molar-refractivity contribution is -0.384. The van der Waals surface area contributed by atoms with Crippen LogP contribution in [0.3, 0.4) is 0 Å². The minimum Gasteiger partial charge on any atom is -0.348 e. The van der Waals surface area contributed by atoms with E-state index in [0.717, 1.165) is 21.2 Å². The zero-order valence-corrected chi connectivity index (χ0v) is 18.1. The molecular formula is C24H22N4O5. The van der Waals surface area contributed by atoms with Crippen molar-refractivity contribution < 1.29 is 19.3 Å². The number of nitrogens with one attached hydrogen (secondary N) is 2. The van der Waals surface area contributed by atoms with Gasteiger partial charge in [-0.05, 0) is 47.9 Å². The summed E-state index contributed by atoms with van der Waals surface area (Å²) in [4.78, 5) is 49.5. The second-order valence-electron chi connectivity index (χ2n) is 8.11. The molecule has 2 unspecified atom stereocenters. The second-order valence-corrected chi connectivity index (χ2v) is 8.11. The van der Waals surface area contributed by atoms with E-state index in [2.05, 4.69) is 10.6 Å². The quantitative estimate of drug-likeness (QED) is 0.341. The molecule has 0 bridgehead atoms. The smallest absolute Gasteiger partial charge is 0.325 e. The van der Waals surface area contributed by atoms with Crippen LogP contribution in [-0.4, -0.2) is 34.2 Å². The lowest BCUT2D eigenvalue weighted by Crippen LogP contribution is -2.43. The minimum absolute atomic E-state index is 0.127. The summed E-state index contributed by atoms with van der Waals surface area (Å²) >= 11 is 0. The molecule has 168 valence electrons. The van der Waals surface area contributed by atoms with E-state index >= 15 is 0 Å². The van der Waals surface area contributed by atoms with Gasteiger partial charge in [-0.2, -0.15) is 0 Å². The van der Waals surface area contributed by atoms with Crippen molar-refractivity contribution in [2.45, 2.75) is 25.4 Å². The second kappa shape index (κ2) is 8.34. The zero-order valence-electron chi connectivity index (χ0n) is 18.1. The molecule has 4 amide bonds. The molecule has 1 aliphatic heterocycles. The summed E-state index contributed by atoms with van der Waals surface area (Å²) in [7, 11) is 0. The van der Waals surface area contributed by atoms with Gasteiger partial charge in [-0.15, -0.1) is 0 Å². The number of fused-ring (bicyclic) bond motifs is 1. The highest BCUT2D eigenvalue weighted by Gasteiger charge is 2.49. The molecule has 4 rings (SSSR count). The number of imide groups is 1. The summed E-state index contributed by atoms with van der Waals surface area (Å²) in [6.07, 6.45) is 0. The van der Waals surface area contributed by atoms with Crippen molar-refractivity contribution in [3.8, 4) is 0 Å². The summed E-state index contributed by atoms with van der Waals surface area (Å²) in [5.41, 5.74) is -0.237. The van der Waals surface area contributed by atoms with Crippen molar-refractivity contribution in [1.82, 2.24) is 15.5 Å². The Morgan fingerprint density at radius 1 is 1.09 bits per heavy atom. The average molecular weight is 446 g/mol. The molecule has 1 saturated heterocycles. The van der Waals surface area contributed by atoms with Crippen LogP contribution in [0.1, 0.15) is 31.0 Å². The first-order valence-corrected chi connectivity index (χ1v) is 10.4. The Hall–Kier alpha value is -4.27. The van der Waals surface area contributed by atoms with Gasteiger partial charge >= 0.3 is 6.03 Å². The van der Waals surface area contributed by atoms with Crippen molar-refractivity contribution in [2.75, 3.05) is 6.54 Å². The van der Waals surface area contributed by atoms with E-state index in [1.807, 2.05) is 49.4 Å². The first kappa shape index (κ1) is 21.9. The van der Waals surface area contributed by atoms with Gasteiger partial charge in [-0.25, -0.2) is 4.79 Å². The number of amides is 4. The molecule has 2 atom stereocenters. The van der Waals surface area contributed by atoms with Crippen LogP contribution in [0.4, 0.5) is 10.5 Å². The molecule has 0 spiro atoms.